The van der Waals surface area contributed by atoms with Crippen molar-refractivity contribution >= 4 is 5.57 Å². The van der Waals surface area contributed by atoms with Gasteiger partial charge >= 0.3 is 0 Å². The molecule has 1 aromatic carbocycles. The predicted molar refractivity (Wildman–Crippen MR) is 66.6 cm³/mol. The maximum atomic E-state index is 9.96. The Morgan fingerprint density at radius 3 is 2.88 bits per heavy atom. The molecule has 0 spiro atoms. The average molecular weight is 226 g/mol. The van der Waals surface area contributed by atoms with Crippen LogP contribution in [0.1, 0.15) is 35.5 Å². The Morgan fingerprint density at radius 2 is 2.12 bits per heavy atom. The quantitative estimate of drug-likeness (QED) is 0.852. The molecule has 1 aliphatic carbocycles. The molecule has 0 amide bonds. The zero-order chi connectivity index (χ0) is 11.8. The van der Waals surface area contributed by atoms with E-state index in [1.54, 1.807) is 6.26 Å². The molecule has 0 saturated carbocycles. The SMILES string of the molecule is CCc1coc(C2=CC(O)c3ccccc32)c1. The molecule has 2 aromatic rings. The number of fused-ring (bicyclic) bond motifs is 1. The topological polar surface area (TPSA) is 33.4 Å². The first-order valence-electron chi connectivity index (χ1n) is 5.86. The molecule has 0 aliphatic heterocycles. The molecule has 1 aliphatic rings. The zero-order valence-corrected chi connectivity index (χ0v) is 9.68. The van der Waals surface area contributed by atoms with Crippen molar-refractivity contribution in [3.8, 4) is 0 Å². The summed E-state index contributed by atoms with van der Waals surface area (Å²) in [6.07, 6.45) is 4.07. The third-order valence-corrected chi connectivity index (χ3v) is 3.22. The molecule has 1 aromatic heterocycles. The maximum absolute atomic E-state index is 9.96. The molecular formula is C15H14O2. The molecule has 1 atom stereocenters. The molecule has 2 nitrogen and oxygen atoms in total. The second-order valence-corrected chi connectivity index (χ2v) is 4.29. The van der Waals surface area contributed by atoms with E-state index >= 15 is 0 Å². The van der Waals surface area contributed by atoms with Crippen LogP contribution in [0.4, 0.5) is 0 Å². The van der Waals surface area contributed by atoms with E-state index in [0.29, 0.717) is 0 Å². The molecule has 1 heterocycles. The summed E-state index contributed by atoms with van der Waals surface area (Å²) in [4.78, 5) is 0. The lowest BCUT2D eigenvalue weighted by Gasteiger charge is -2.03. The largest absolute Gasteiger partial charge is 0.464 e. The van der Waals surface area contributed by atoms with Crippen LogP contribution in [0.25, 0.3) is 5.57 Å². The number of hydrogen-bond acceptors (Lipinski definition) is 2. The Balaban J connectivity index is 2.08. The van der Waals surface area contributed by atoms with Crippen LogP contribution in [-0.4, -0.2) is 5.11 Å². The van der Waals surface area contributed by atoms with Gasteiger partial charge in [-0.05, 0) is 35.3 Å². The molecule has 17 heavy (non-hydrogen) atoms. The lowest BCUT2D eigenvalue weighted by atomic mass is 10.0. The van der Waals surface area contributed by atoms with Crippen molar-refractivity contribution < 1.29 is 9.52 Å². The Kier molecular flexibility index (Phi) is 2.37. The van der Waals surface area contributed by atoms with Crippen molar-refractivity contribution in [2.24, 2.45) is 0 Å². The van der Waals surface area contributed by atoms with Gasteiger partial charge in [0.2, 0.25) is 0 Å². The minimum absolute atomic E-state index is 0.517. The van der Waals surface area contributed by atoms with Gasteiger partial charge in [-0.2, -0.15) is 0 Å². The van der Waals surface area contributed by atoms with E-state index in [0.717, 1.165) is 28.9 Å². The van der Waals surface area contributed by atoms with Gasteiger partial charge in [-0.1, -0.05) is 31.2 Å². The monoisotopic (exact) mass is 226 g/mol. The zero-order valence-electron chi connectivity index (χ0n) is 9.68. The summed E-state index contributed by atoms with van der Waals surface area (Å²) in [6, 6.07) is 9.94. The molecule has 2 heteroatoms. The number of hydrogen-bond donors (Lipinski definition) is 1. The first-order valence-corrected chi connectivity index (χ1v) is 5.86. The highest BCUT2D eigenvalue weighted by Gasteiger charge is 2.23. The second-order valence-electron chi connectivity index (χ2n) is 4.29. The van der Waals surface area contributed by atoms with Crippen LogP contribution in [0, 0.1) is 0 Å². The van der Waals surface area contributed by atoms with Crippen molar-refractivity contribution in [1.29, 1.82) is 0 Å². The summed E-state index contributed by atoms with van der Waals surface area (Å²) in [5, 5.41) is 9.96. The Hall–Kier alpha value is -1.80. The van der Waals surface area contributed by atoms with Gasteiger partial charge in [0.05, 0.1) is 12.4 Å². The number of benzene rings is 1. The van der Waals surface area contributed by atoms with Gasteiger partial charge in [-0.25, -0.2) is 0 Å². The molecule has 0 fully saturated rings. The molecular weight excluding hydrogens is 212 g/mol. The van der Waals surface area contributed by atoms with Crippen molar-refractivity contribution in [1.82, 2.24) is 0 Å². The van der Waals surface area contributed by atoms with Gasteiger partial charge in [-0.3, -0.25) is 0 Å². The van der Waals surface area contributed by atoms with E-state index in [2.05, 4.69) is 6.92 Å². The van der Waals surface area contributed by atoms with Gasteiger partial charge in [0.1, 0.15) is 5.76 Å². The summed E-state index contributed by atoms with van der Waals surface area (Å²) in [6.45, 7) is 2.10. The fraction of sp³-hybridized carbons (Fsp3) is 0.200. The minimum Gasteiger partial charge on any atom is -0.464 e. The Morgan fingerprint density at radius 1 is 1.29 bits per heavy atom. The van der Waals surface area contributed by atoms with Gasteiger partial charge in [-0.15, -0.1) is 0 Å². The van der Waals surface area contributed by atoms with Crippen molar-refractivity contribution in [2.45, 2.75) is 19.4 Å². The highest BCUT2D eigenvalue weighted by Crippen LogP contribution is 2.38. The lowest BCUT2D eigenvalue weighted by Crippen LogP contribution is -1.89. The van der Waals surface area contributed by atoms with Crippen LogP contribution in [0.3, 0.4) is 0 Å². The fourth-order valence-corrected chi connectivity index (χ4v) is 2.25. The molecule has 1 N–H and O–H groups in total. The molecule has 3 rings (SSSR count). The van der Waals surface area contributed by atoms with E-state index in [1.807, 2.05) is 36.4 Å². The summed E-state index contributed by atoms with van der Waals surface area (Å²) in [5.41, 5.74) is 4.20. The summed E-state index contributed by atoms with van der Waals surface area (Å²) >= 11 is 0. The normalized spacial score (nSPS) is 18.0. The number of aliphatic hydroxyl groups is 1. The highest BCUT2D eigenvalue weighted by atomic mass is 16.3. The number of rotatable bonds is 2. The number of aliphatic hydroxyl groups excluding tert-OH is 1. The lowest BCUT2D eigenvalue weighted by molar-refractivity contribution is 0.232. The van der Waals surface area contributed by atoms with E-state index in [9.17, 15) is 5.11 Å². The summed E-state index contributed by atoms with van der Waals surface area (Å²) < 4.78 is 5.57. The molecule has 1 unspecified atom stereocenters. The maximum Gasteiger partial charge on any atom is 0.134 e. The summed E-state index contributed by atoms with van der Waals surface area (Å²) in [7, 11) is 0. The number of aryl methyl sites for hydroxylation is 1. The Labute approximate surface area is 100 Å². The van der Waals surface area contributed by atoms with Crippen LogP contribution in [-0.2, 0) is 6.42 Å². The minimum atomic E-state index is -0.517. The van der Waals surface area contributed by atoms with E-state index < -0.39 is 6.10 Å². The molecule has 0 saturated heterocycles. The molecule has 86 valence electrons. The van der Waals surface area contributed by atoms with E-state index in [4.69, 9.17) is 4.42 Å². The van der Waals surface area contributed by atoms with Gasteiger partial charge in [0.25, 0.3) is 0 Å². The standard InChI is InChI=1S/C15H14O2/c1-2-10-7-15(17-9-10)13-8-14(16)12-6-4-3-5-11(12)13/h3-9,14,16H,2H2,1H3. The summed E-state index contributed by atoms with van der Waals surface area (Å²) in [5.74, 6) is 0.839. The third-order valence-electron chi connectivity index (χ3n) is 3.22. The van der Waals surface area contributed by atoms with Crippen LogP contribution in [0.15, 0.2) is 47.1 Å². The first kappa shape index (κ1) is 10.4. The molecule has 0 radical (unpaired) electrons. The van der Waals surface area contributed by atoms with Gasteiger partial charge < -0.3 is 9.52 Å². The van der Waals surface area contributed by atoms with Crippen molar-refractivity contribution in [3.05, 3.63) is 65.1 Å². The fourth-order valence-electron chi connectivity index (χ4n) is 2.25. The van der Waals surface area contributed by atoms with Crippen LogP contribution >= 0.6 is 0 Å². The second kappa shape index (κ2) is 3.90. The van der Waals surface area contributed by atoms with Crippen molar-refractivity contribution in [3.63, 3.8) is 0 Å². The van der Waals surface area contributed by atoms with Crippen LogP contribution in [0.2, 0.25) is 0 Å². The number of furan rings is 1. The van der Waals surface area contributed by atoms with Gasteiger partial charge in [0.15, 0.2) is 0 Å². The highest BCUT2D eigenvalue weighted by molar-refractivity contribution is 5.83. The Bertz CT molecular complexity index is 578. The molecule has 0 bridgehead atoms. The third kappa shape index (κ3) is 1.61. The predicted octanol–water partition coefficient (Wildman–Crippen LogP) is 3.32. The van der Waals surface area contributed by atoms with Crippen LogP contribution in [0.5, 0.6) is 0 Å². The average Bonchev–Trinajstić information content (AvgIpc) is 2.95. The van der Waals surface area contributed by atoms with E-state index in [-0.39, 0.29) is 0 Å². The first-order chi connectivity index (χ1) is 8.29. The van der Waals surface area contributed by atoms with Gasteiger partial charge in [0, 0.05) is 5.57 Å². The smallest absolute Gasteiger partial charge is 0.134 e. The van der Waals surface area contributed by atoms with Crippen LogP contribution < -0.4 is 0 Å². The van der Waals surface area contributed by atoms with E-state index in [1.165, 1.54) is 5.56 Å². The van der Waals surface area contributed by atoms with Crippen molar-refractivity contribution in [2.75, 3.05) is 0 Å².